The minimum Gasteiger partial charge on any atom is -0.462 e. The van der Waals surface area contributed by atoms with Crippen molar-refractivity contribution in [2.45, 2.75) is 64.9 Å². The Morgan fingerprint density at radius 2 is 1.75 bits per heavy atom. The molecule has 2 saturated carbocycles. The minimum atomic E-state index is -0.115. The number of carbonyl (C=O) groups excluding carboxylic acids is 1. The first kappa shape index (κ1) is 11.9. The van der Waals surface area contributed by atoms with Gasteiger partial charge in [0.15, 0.2) is 0 Å². The maximum atomic E-state index is 11.0. The lowest BCUT2D eigenvalue weighted by Crippen LogP contribution is -2.33. The Bertz CT molecular complexity index is 243. The molecule has 0 bridgehead atoms. The molecule has 2 aliphatic carbocycles. The summed E-state index contributed by atoms with van der Waals surface area (Å²) in [6.07, 6.45) is 9.56. The van der Waals surface area contributed by atoms with E-state index < -0.39 is 0 Å². The van der Waals surface area contributed by atoms with Gasteiger partial charge in [0.2, 0.25) is 0 Å². The maximum absolute atomic E-state index is 11.0. The van der Waals surface area contributed by atoms with E-state index in [0.29, 0.717) is 5.92 Å². The Labute approximate surface area is 98.7 Å². The molecule has 0 aliphatic heterocycles. The van der Waals surface area contributed by atoms with Crippen LogP contribution in [0.2, 0.25) is 0 Å². The van der Waals surface area contributed by atoms with Crippen LogP contribution in [0.25, 0.3) is 0 Å². The fraction of sp³-hybridized carbons (Fsp3) is 0.929. The third-order valence-electron chi connectivity index (χ3n) is 4.52. The Morgan fingerprint density at radius 3 is 2.31 bits per heavy atom. The van der Waals surface area contributed by atoms with Crippen molar-refractivity contribution in [2.75, 3.05) is 0 Å². The van der Waals surface area contributed by atoms with Crippen LogP contribution in [0.15, 0.2) is 0 Å². The van der Waals surface area contributed by atoms with Gasteiger partial charge in [0.1, 0.15) is 6.10 Å². The molecule has 2 rings (SSSR count). The first-order valence-electron chi connectivity index (χ1n) is 6.84. The molecule has 0 aromatic rings. The van der Waals surface area contributed by atoms with Gasteiger partial charge in [0.25, 0.3) is 0 Å². The smallest absolute Gasteiger partial charge is 0.302 e. The Balaban J connectivity index is 1.84. The first-order chi connectivity index (χ1) is 7.66. The lowest BCUT2D eigenvalue weighted by atomic mass is 9.74. The van der Waals surface area contributed by atoms with Crippen molar-refractivity contribution in [1.82, 2.24) is 0 Å². The van der Waals surface area contributed by atoms with E-state index in [2.05, 4.69) is 6.92 Å². The SMILES string of the molecule is CC(=O)OC1CCC(C2CCCC2)CC1C. The fourth-order valence-corrected chi connectivity index (χ4v) is 3.66. The van der Waals surface area contributed by atoms with Gasteiger partial charge in [0.05, 0.1) is 0 Å². The van der Waals surface area contributed by atoms with Gasteiger partial charge in [-0.3, -0.25) is 4.79 Å². The summed E-state index contributed by atoms with van der Waals surface area (Å²) in [4.78, 5) is 11.0. The third kappa shape index (κ3) is 2.78. The molecule has 2 aliphatic rings. The molecule has 0 radical (unpaired) electrons. The summed E-state index contributed by atoms with van der Waals surface area (Å²) in [5, 5.41) is 0. The zero-order valence-corrected chi connectivity index (χ0v) is 10.6. The van der Waals surface area contributed by atoms with Gasteiger partial charge in [-0.05, 0) is 37.0 Å². The van der Waals surface area contributed by atoms with Gasteiger partial charge in [-0.25, -0.2) is 0 Å². The van der Waals surface area contributed by atoms with Crippen LogP contribution in [0.5, 0.6) is 0 Å². The molecule has 16 heavy (non-hydrogen) atoms. The van der Waals surface area contributed by atoms with Crippen molar-refractivity contribution in [1.29, 1.82) is 0 Å². The molecule has 3 unspecified atom stereocenters. The molecule has 92 valence electrons. The normalized spacial score (nSPS) is 36.2. The number of ether oxygens (including phenoxy) is 1. The topological polar surface area (TPSA) is 26.3 Å². The van der Waals surface area contributed by atoms with Gasteiger partial charge in [-0.15, -0.1) is 0 Å². The summed E-state index contributed by atoms with van der Waals surface area (Å²) in [5.74, 6) is 2.32. The summed E-state index contributed by atoms with van der Waals surface area (Å²) >= 11 is 0. The Kier molecular flexibility index (Phi) is 3.88. The van der Waals surface area contributed by atoms with Crippen LogP contribution in [0.1, 0.15) is 58.8 Å². The lowest BCUT2D eigenvalue weighted by molar-refractivity contribution is -0.151. The summed E-state index contributed by atoms with van der Waals surface area (Å²) < 4.78 is 5.38. The summed E-state index contributed by atoms with van der Waals surface area (Å²) in [6, 6.07) is 0. The van der Waals surface area contributed by atoms with Crippen LogP contribution < -0.4 is 0 Å². The quantitative estimate of drug-likeness (QED) is 0.671. The largest absolute Gasteiger partial charge is 0.462 e. The van der Waals surface area contributed by atoms with E-state index >= 15 is 0 Å². The van der Waals surface area contributed by atoms with E-state index in [0.717, 1.165) is 18.3 Å². The molecule has 0 aromatic carbocycles. The highest BCUT2D eigenvalue weighted by Crippen LogP contribution is 2.41. The second-order valence-corrected chi connectivity index (χ2v) is 5.74. The van der Waals surface area contributed by atoms with Crippen LogP contribution in [0.3, 0.4) is 0 Å². The maximum Gasteiger partial charge on any atom is 0.302 e. The molecule has 3 atom stereocenters. The minimum absolute atomic E-state index is 0.115. The van der Waals surface area contributed by atoms with Crippen LogP contribution >= 0.6 is 0 Å². The van der Waals surface area contributed by atoms with Crippen molar-refractivity contribution in [3.8, 4) is 0 Å². The highest BCUT2D eigenvalue weighted by molar-refractivity contribution is 5.66. The van der Waals surface area contributed by atoms with E-state index in [-0.39, 0.29) is 12.1 Å². The molecule has 0 saturated heterocycles. The number of hydrogen-bond acceptors (Lipinski definition) is 2. The average Bonchev–Trinajstić information content (AvgIpc) is 2.73. The van der Waals surface area contributed by atoms with Crippen molar-refractivity contribution in [3.63, 3.8) is 0 Å². The predicted molar refractivity (Wildman–Crippen MR) is 64.0 cm³/mol. The number of rotatable bonds is 2. The predicted octanol–water partition coefficient (Wildman–Crippen LogP) is 3.54. The van der Waals surface area contributed by atoms with Gasteiger partial charge in [0, 0.05) is 6.92 Å². The van der Waals surface area contributed by atoms with E-state index in [1.165, 1.54) is 45.4 Å². The molecule has 0 amide bonds. The molecule has 0 N–H and O–H groups in total. The van der Waals surface area contributed by atoms with Gasteiger partial charge in [-0.1, -0.05) is 32.6 Å². The van der Waals surface area contributed by atoms with E-state index in [4.69, 9.17) is 4.74 Å². The van der Waals surface area contributed by atoms with Crippen molar-refractivity contribution in [2.24, 2.45) is 17.8 Å². The molecule has 2 fully saturated rings. The molecule has 0 aromatic heterocycles. The van der Waals surface area contributed by atoms with Crippen LogP contribution in [0.4, 0.5) is 0 Å². The monoisotopic (exact) mass is 224 g/mol. The molecule has 2 heteroatoms. The molecular weight excluding hydrogens is 200 g/mol. The fourth-order valence-electron chi connectivity index (χ4n) is 3.66. The molecule has 2 nitrogen and oxygen atoms in total. The number of esters is 1. The number of carbonyl (C=O) groups is 1. The Morgan fingerprint density at radius 1 is 1.06 bits per heavy atom. The molecule has 0 heterocycles. The average molecular weight is 224 g/mol. The van der Waals surface area contributed by atoms with Crippen molar-refractivity contribution < 1.29 is 9.53 Å². The van der Waals surface area contributed by atoms with Crippen LogP contribution in [-0.2, 0) is 9.53 Å². The van der Waals surface area contributed by atoms with Gasteiger partial charge >= 0.3 is 5.97 Å². The standard InChI is InChI=1S/C14H24O2/c1-10-9-13(12-5-3-4-6-12)7-8-14(10)16-11(2)15/h10,12-14H,3-9H2,1-2H3. The highest BCUT2D eigenvalue weighted by atomic mass is 16.5. The summed E-state index contributed by atoms with van der Waals surface area (Å²) in [5.41, 5.74) is 0. The summed E-state index contributed by atoms with van der Waals surface area (Å²) in [6.45, 7) is 3.77. The van der Waals surface area contributed by atoms with E-state index in [1.807, 2.05) is 0 Å². The zero-order chi connectivity index (χ0) is 11.5. The van der Waals surface area contributed by atoms with Gasteiger partial charge in [-0.2, -0.15) is 0 Å². The van der Waals surface area contributed by atoms with Crippen LogP contribution in [0, 0.1) is 17.8 Å². The third-order valence-corrected chi connectivity index (χ3v) is 4.52. The highest BCUT2D eigenvalue weighted by Gasteiger charge is 2.34. The van der Waals surface area contributed by atoms with Crippen molar-refractivity contribution >= 4 is 5.97 Å². The first-order valence-corrected chi connectivity index (χ1v) is 6.84. The van der Waals surface area contributed by atoms with Crippen LogP contribution in [-0.4, -0.2) is 12.1 Å². The molecular formula is C14H24O2. The zero-order valence-electron chi connectivity index (χ0n) is 10.6. The second-order valence-electron chi connectivity index (χ2n) is 5.74. The molecule has 0 spiro atoms. The summed E-state index contributed by atoms with van der Waals surface area (Å²) in [7, 11) is 0. The Hall–Kier alpha value is -0.530. The van der Waals surface area contributed by atoms with Crippen molar-refractivity contribution in [3.05, 3.63) is 0 Å². The number of hydrogen-bond donors (Lipinski definition) is 0. The second kappa shape index (κ2) is 5.20. The lowest BCUT2D eigenvalue weighted by Gasteiger charge is -2.36. The van der Waals surface area contributed by atoms with E-state index in [9.17, 15) is 4.79 Å². The van der Waals surface area contributed by atoms with Gasteiger partial charge < -0.3 is 4.74 Å². The van der Waals surface area contributed by atoms with E-state index in [1.54, 1.807) is 0 Å².